The number of hydrogen-bond donors (Lipinski definition) is 0. The van der Waals surface area contributed by atoms with E-state index in [9.17, 15) is 9.59 Å². The molecule has 0 N–H and O–H groups in total. The standard InChI is InChI=1S/C10H20N2O2S6/c1-5-15-11(16-6-2)9(13)19-20-10(14)12(17-7-3)18-8-4/h5-8H2,1-4H3. The number of nitrogens with zero attached hydrogens (tertiary/aromatic N) is 2. The molecule has 118 valence electrons. The van der Waals surface area contributed by atoms with Gasteiger partial charge in [0.1, 0.15) is 0 Å². The van der Waals surface area contributed by atoms with Gasteiger partial charge in [-0.15, -0.1) is 0 Å². The summed E-state index contributed by atoms with van der Waals surface area (Å²) < 4.78 is 3.30. The number of hydrogen-bond acceptors (Lipinski definition) is 8. The van der Waals surface area contributed by atoms with Crippen LogP contribution in [0, 0.1) is 0 Å². The molecule has 0 heterocycles. The normalized spacial score (nSPS) is 10.4. The summed E-state index contributed by atoms with van der Waals surface area (Å²) in [7, 11) is 1.99. The van der Waals surface area contributed by atoms with Crippen molar-refractivity contribution in [2.24, 2.45) is 0 Å². The van der Waals surface area contributed by atoms with Crippen LogP contribution in [0.25, 0.3) is 0 Å². The zero-order valence-corrected chi connectivity index (χ0v) is 16.9. The first-order chi connectivity index (χ1) is 9.60. The van der Waals surface area contributed by atoms with E-state index < -0.39 is 0 Å². The van der Waals surface area contributed by atoms with Crippen molar-refractivity contribution in [3.05, 3.63) is 0 Å². The summed E-state index contributed by atoms with van der Waals surface area (Å²) in [5, 5.41) is -0.185. The van der Waals surface area contributed by atoms with Crippen LogP contribution in [0.5, 0.6) is 0 Å². The number of amides is 2. The lowest BCUT2D eigenvalue weighted by Gasteiger charge is -2.19. The summed E-state index contributed by atoms with van der Waals surface area (Å²) >= 11 is 5.87. The summed E-state index contributed by atoms with van der Waals surface area (Å²) in [5.74, 6) is 3.34. The fourth-order valence-corrected chi connectivity index (χ4v) is 6.89. The van der Waals surface area contributed by atoms with Crippen molar-refractivity contribution in [3.63, 3.8) is 0 Å². The predicted octanol–water partition coefficient (Wildman–Crippen LogP) is 5.88. The van der Waals surface area contributed by atoms with Gasteiger partial charge in [-0.3, -0.25) is 9.59 Å². The molecule has 0 aliphatic carbocycles. The second kappa shape index (κ2) is 13.7. The second-order valence-corrected chi connectivity index (χ2v) is 10.2. The van der Waals surface area contributed by atoms with Crippen molar-refractivity contribution < 1.29 is 9.59 Å². The highest BCUT2D eigenvalue weighted by molar-refractivity contribution is 8.87. The van der Waals surface area contributed by atoms with E-state index in [4.69, 9.17) is 0 Å². The third-order valence-corrected chi connectivity index (χ3v) is 7.67. The Bertz CT molecular complexity index is 255. The van der Waals surface area contributed by atoms with Gasteiger partial charge in [0.2, 0.25) is 0 Å². The van der Waals surface area contributed by atoms with Gasteiger partial charge in [-0.2, -0.15) is 0 Å². The number of carbonyl (C=O) groups is 2. The van der Waals surface area contributed by atoms with Gasteiger partial charge in [0, 0.05) is 44.6 Å². The Labute approximate surface area is 147 Å². The third kappa shape index (κ3) is 9.14. The zero-order valence-electron chi connectivity index (χ0n) is 12.0. The minimum atomic E-state index is -0.0926. The molecule has 2 amide bonds. The average molecular weight is 393 g/mol. The molecule has 0 aliphatic rings. The molecule has 0 bridgehead atoms. The maximum atomic E-state index is 12.0. The largest absolute Gasteiger partial charge is 0.312 e. The van der Waals surface area contributed by atoms with Gasteiger partial charge >= 0.3 is 10.5 Å². The first-order valence-electron chi connectivity index (χ1n) is 6.14. The van der Waals surface area contributed by atoms with Crippen LogP contribution in [-0.4, -0.2) is 40.9 Å². The fraction of sp³-hybridized carbons (Fsp3) is 0.800. The molecular formula is C10H20N2O2S6. The fourth-order valence-electron chi connectivity index (χ4n) is 0.887. The molecule has 0 fully saturated rings. The van der Waals surface area contributed by atoms with E-state index >= 15 is 0 Å². The van der Waals surface area contributed by atoms with Crippen LogP contribution in [0.2, 0.25) is 0 Å². The Hall–Kier alpha value is 1.04. The van der Waals surface area contributed by atoms with Crippen molar-refractivity contribution in [3.8, 4) is 0 Å². The van der Waals surface area contributed by atoms with Gasteiger partial charge < -0.3 is 0 Å². The van der Waals surface area contributed by atoms with Crippen LogP contribution in [0.15, 0.2) is 0 Å². The Kier molecular flexibility index (Phi) is 14.4. The molecule has 0 atom stereocenters. The first-order valence-corrected chi connectivity index (χ1v) is 12.1. The second-order valence-electron chi connectivity index (χ2n) is 2.88. The van der Waals surface area contributed by atoms with Crippen molar-refractivity contribution in [2.45, 2.75) is 27.7 Å². The lowest BCUT2D eigenvalue weighted by Crippen LogP contribution is -2.15. The minimum Gasteiger partial charge on any atom is -0.259 e. The maximum absolute atomic E-state index is 12.0. The van der Waals surface area contributed by atoms with Crippen LogP contribution < -0.4 is 0 Å². The minimum absolute atomic E-state index is 0.0926. The molecular weight excluding hydrogens is 373 g/mol. The number of rotatable bonds is 8. The first kappa shape index (κ1) is 21.0. The van der Waals surface area contributed by atoms with Crippen molar-refractivity contribution in [2.75, 3.05) is 23.0 Å². The third-order valence-electron chi connectivity index (χ3n) is 1.47. The lowest BCUT2D eigenvalue weighted by molar-refractivity contribution is 0.257. The van der Waals surface area contributed by atoms with E-state index in [-0.39, 0.29) is 10.5 Å². The Balaban J connectivity index is 4.27. The van der Waals surface area contributed by atoms with Crippen molar-refractivity contribution in [1.29, 1.82) is 0 Å². The Morgan fingerprint density at radius 2 is 0.900 bits per heavy atom. The topological polar surface area (TPSA) is 40.6 Å². The molecule has 20 heavy (non-hydrogen) atoms. The van der Waals surface area contributed by atoms with Crippen molar-refractivity contribution >= 4 is 79.9 Å². The van der Waals surface area contributed by atoms with Gasteiger partial charge in [0.15, 0.2) is 0 Å². The molecule has 0 unspecified atom stereocenters. The summed E-state index contributed by atoms with van der Waals surface area (Å²) in [5.41, 5.74) is 0. The van der Waals surface area contributed by atoms with Crippen LogP contribution in [0.4, 0.5) is 9.59 Å². The molecule has 0 rings (SSSR count). The summed E-state index contributed by atoms with van der Waals surface area (Å²) in [6.07, 6.45) is 0. The quantitative estimate of drug-likeness (QED) is 0.374. The molecule has 0 saturated heterocycles. The van der Waals surface area contributed by atoms with Crippen molar-refractivity contribution in [1.82, 2.24) is 7.42 Å². The molecule has 0 radical (unpaired) electrons. The zero-order chi connectivity index (χ0) is 15.4. The molecule has 0 aromatic heterocycles. The smallest absolute Gasteiger partial charge is 0.259 e. The summed E-state index contributed by atoms with van der Waals surface area (Å²) in [4.78, 5) is 24.0. The van der Waals surface area contributed by atoms with Crippen LogP contribution in [0.1, 0.15) is 27.7 Å². The van der Waals surface area contributed by atoms with Gasteiger partial charge in [-0.05, 0) is 47.8 Å². The molecule has 0 aliphatic heterocycles. The molecule has 0 aromatic rings. The SMILES string of the molecule is CCSN(SCC)C(=O)SSC(=O)N(SCC)SCC. The van der Waals surface area contributed by atoms with E-state index in [0.717, 1.165) is 44.6 Å². The lowest BCUT2D eigenvalue weighted by atomic mass is 11.0. The molecule has 4 nitrogen and oxygen atoms in total. The maximum Gasteiger partial charge on any atom is 0.312 e. The monoisotopic (exact) mass is 392 g/mol. The highest BCUT2D eigenvalue weighted by Gasteiger charge is 2.21. The number of carbonyl (C=O) groups excluding carboxylic acids is 2. The summed E-state index contributed by atoms with van der Waals surface area (Å²) in [6.45, 7) is 8.01. The van der Waals surface area contributed by atoms with E-state index in [1.54, 1.807) is 7.42 Å². The van der Waals surface area contributed by atoms with E-state index in [1.807, 2.05) is 27.7 Å². The van der Waals surface area contributed by atoms with Gasteiger partial charge in [-0.25, -0.2) is 7.42 Å². The Morgan fingerprint density at radius 1 is 0.650 bits per heavy atom. The van der Waals surface area contributed by atoms with E-state index in [0.29, 0.717) is 0 Å². The highest BCUT2D eigenvalue weighted by Crippen LogP contribution is 2.37. The van der Waals surface area contributed by atoms with E-state index in [2.05, 4.69) is 0 Å². The van der Waals surface area contributed by atoms with Crippen LogP contribution in [0.3, 0.4) is 0 Å². The van der Waals surface area contributed by atoms with Crippen LogP contribution >= 0.6 is 69.4 Å². The van der Waals surface area contributed by atoms with E-state index in [1.165, 1.54) is 47.8 Å². The molecule has 0 spiro atoms. The van der Waals surface area contributed by atoms with Gasteiger partial charge in [0.05, 0.1) is 0 Å². The highest BCUT2D eigenvalue weighted by atomic mass is 33.1. The van der Waals surface area contributed by atoms with Crippen LogP contribution in [-0.2, 0) is 0 Å². The molecule has 10 heteroatoms. The molecule has 0 aromatic carbocycles. The Morgan fingerprint density at radius 3 is 1.10 bits per heavy atom. The average Bonchev–Trinajstić information content (AvgIpc) is 2.44. The summed E-state index contributed by atoms with van der Waals surface area (Å²) in [6, 6.07) is 0. The predicted molar refractivity (Wildman–Crippen MR) is 102 cm³/mol. The van der Waals surface area contributed by atoms with Gasteiger partial charge in [-0.1, -0.05) is 27.7 Å². The van der Waals surface area contributed by atoms with Gasteiger partial charge in [0.25, 0.3) is 0 Å². The molecule has 0 saturated carbocycles.